The Labute approximate surface area is 729 Å². The van der Waals surface area contributed by atoms with E-state index in [1.807, 2.05) is 55.4 Å². The number of ether oxygens (including phenoxy) is 10. The molecule has 48 unspecified atom stereocenters. The molecule has 0 aromatic carbocycles. The first kappa shape index (κ1) is 120. The van der Waals surface area contributed by atoms with Crippen molar-refractivity contribution < 1.29 is 166 Å². The first-order chi connectivity index (χ1) is 53.7. The van der Waals surface area contributed by atoms with Crippen LogP contribution in [-0.2, 0) is 47.4 Å². The quantitative estimate of drug-likeness (QED) is 0.239. The van der Waals surface area contributed by atoms with Crippen LogP contribution in [0.5, 0.6) is 0 Å². The maximum absolute atomic E-state index is 14.5. The Morgan fingerprint density at radius 2 is 0.282 bits per heavy atom. The summed E-state index contributed by atoms with van der Waals surface area (Å²) in [6, 6.07) is 0. The third-order valence-corrected chi connectivity index (χ3v) is 34.1. The summed E-state index contributed by atoms with van der Waals surface area (Å²) in [5.74, 6) is 4.00. The number of hydrogen-bond acceptors (Lipinski definition) is 10. The summed E-state index contributed by atoms with van der Waals surface area (Å²) in [6.07, 6.45) is 8.64. The zero-order valence-electron chi connectivity index (χ0n) is 75.5. The molecule has 48 atom stereocenters. The Balaban J connectivity index is 0.000000730. The fourth-order valence-corrected chi connectivity index (χ4v) is 26.9. The molecule has 18 aliphatic rings. The van der Waals surface area contributed by atoms with E-state index < -0.39 is 80.2 Å². The minimum Gasteiger partial charge on any atom is -0.412 e. The van der Waals surface area contributed by atoms with Crippen molar-refractivity contribution >= 4 is 0 Å². The Hall–Kier alpha value is -1.72. The number of methoxy groups -OCH3 is 4. The second-order valence-electron chi connectivity index (χ2n) is 39.9. The van der Waals surface area contributed by atoms with Crippen molar-refractivity contribution in [2.75, 3.05) is 68.1 Å². The van der Waals surface area contributed by atoms with Crippen LogP contribution in [0.2, 0.25) is 0 Å². The SMILES string of the molecule is CC1CCC2C(COC3C(F)C(C)CCC23)C1F.CC1CCC2C(COC3C(F)C(C)CCC23)C1F.CC1CCC2C(COC3C(F)C(C)CCC23)C1F.COC1CCC2C(COC3C(F)C(C)CCC23)C1F.COC1CCC2C(COC3C(F)C(OC)CCC23)C1F.COC1CCC2C3CCC(C)C(F)C3COC2C1F.O.O.O.O.O.O.O.O.O.O.O.O. The van der Waals surface area contributed by atoms with Gasteiger partial charge in [0.15, 0.2) is 12.3 Å². The van der Waals surface area contributed by atoms with Crippen molar-refractivity contribution in [3.8, 4) is 0 Å². The molecule has 0 spiro atoms. The van der Waals surface area contributed by atoms with E-state index in [2.05, 4.69) is 0 Å². The van der Waals surface area contributed by atoms with Gasteiger partial charge in [0.1, 0.15) is 61.7 Å². The van der Waals surface area contributed by atoms with Gasteiger partial charge in [-0.15, -0.1) is 0 Å². The molecular weight excluding hydrogens is 1660 g/mol. The highest BCUT2D eigenvalue weighted by Crippen LogP contribution is 2.57. The average molecular weight is 1830 g/mol. The molecule has 0 radical (unpaired) electrons. The second-order valence-corrected chi connectivity index (χ2v) is 39.9. The van der Waals surface area contributed by atoms with Crippen LogP contribution in [-0.4, -0.2) is 269 Å². The van der Waals surface area contributed by atoms with Crippen LogP contribution in [0.1, 0.15) is 209 Å². The number of halogens is 12. The molecule has 24 N–H and O–H groups in total. The van der Waals surface area contributed by atoms with Gasteiger partial charge in [-0.3, -0.25) is 0 Å². The Morgan fingerprint density at radius 3 is 0.460 bits per heavy atom. The van der Waals surface area contributed by atoms with Crippen molar-refractivity contribution in [3.05, 3.63) is 0 Å². The van der Waals surface area contributed by atoms with Crippen LogP contribution in [0.25, 0.3) is 0 Å². The van der Waals surface area contributed by atoms with Crippen molar-refractivity contribution in [2.24, 2.45) is 154 Å². The summed E-state index contributed by atoms with van der Waals surface area (Å²) in [7, 11) is 6.24. The summed E-state index contributed by atoms with van der Waals surface area (Å²) in [4.78, 5) is 0. The molecule has 18 rings (SSSR count). The average Bonchev–Trinajstić information content (AvgIpc) is 0.778. The van der Waals surface area contributed by atoms with Crippen LogP contribution in [0.4, 0.5) is 52.7 Å². The molecule has 0 amide bonds. The summed E-state index contributed by atoms with van der Waals surface area (Å²) >= 11 is 0. The summed E-state index contributed by atoms with van der Waals surface area (Å²) < 4.78 is 227. The number of fused-ring (bicyclic) bond motifs is 18. The van der Waals surface area contributed by atoms with Crippen molar-refractivity contribution in [1.29, 1.82) is 0 Å². The predicted octanol–water partition coefficient (Wildman–Crippen LogP) is 10.2. The Kier molecular flexibility index (Phi) is 51.2. The number of alkyl halides is 12. The fraction of sp³-hybridized carbons (Fsp3) is 1.00. The summed E-state index contributed by atoms with van der Waals surface area (Å²) in [5.41, 5.74) is 0. The molecule has 744 valence electrons. The van der Waals surface area contributed by atoms with Crippen LogP contribution < -0.4 is 0 Å². The lowest BCUT2D eigenvalue weighted by Crippen LogP contribution is -2.57. The van der Waals surface area contributed by atoms with Gasteiger partial charge in [0.05, 0.1) is 101 Å². The molecule has 6 saturated heterocycles. The lowest BCUT2D eigenvalue weighted by atomic mass is 9.61. The Morgan fingerprint density at radius 1 is 0.153 bits per heavy atom. The van der Waals surface area contributed by atoms with Crippen LogP contribution in [0.15, 0.2) is 0 Å². The highest BCUT2D eigenvalue weighted by atomic mass is 19.2. The maximum atomic E-state index is 14.5. The van der Waals surface area contributed by atoms with Crippen LogP contribution >= 0.6 is 0 Å². The number of rotatable bonds is 4. The second kappa shape index (κ2) is 52.8. The van der Waals surface area contributed by atoms with Gasteiger partial charge in [-0.2, -0.15) is 0 Å². The topological polar surface area (TPSA) is 470 Å². The molecule has 12 aliphatic carbocycles. The molecule has 22 nitrogen and oxygen atoms in total. The molecule has 0 bridgehead atoms. The summed E-state index contributed by atoms with van der Waals surface area (Å²) in [6.45, 7) is 18.2. The minimum absolute atomic E-state index is 0. The monoisotopic (exact) mass is 1830 g/mol. The van der Waals surface area contributed by atoms with E-state index in [4.69, 9.17) is 47.4 Å². The molecule has 6 heterocycles. The first-order valence-corrected chi connectivity index (χ1v) is 45.2. The lowest BCUT2D eigenvalue weighted by molar-refractivity contribution is -0.200. The van der Waals surface area contributed by atoms with Gasteiger partial charge in [-0.25, -0.2) is 52.7 Å². The number of hydrogen-bond donors (Lipinski definition) is 0. The van der Waals surface area contributed by atoms with E-state index in [1.165, 1.54) is 0 Å². The van der Waals surface area contributed by atoms with E-state index in [0.717, 1.165) is 148 Å². The third kappa shape index (κ3) is 24.5. The van der Waals surface area contributed by atoms with Gasteiger partial charge >= 0.3 is 0 Å². The van der Waals surface area contributed by atoms with Crippen molar-refractivity contribution in [3.63, 3.8) is 0 Å². The smallest absolute Gasteiger partial charge is 0.152 e. The molecule has 18 fully saturated rings. The minimum atomic E-state index is -1.09. The Bertz CT molecular complexity index is 2580. The van der Waals surface area contributed by atoms with E-state index >= 15 is 0 Å². The third-order valence-electron chi connectivity index (χ3n) is 34.1. The molecule has 124 heavy (non-hydrogen) atoms. The van der Waals surface area contributed by atoms with Crippen molar-refractivity contribution in [2.45, 2.75) is 345 Å². The van der Waals surface area contributed by atoms with Gasteiger partial charge in [-0.1, -0.05) is 55.4 Å². The zero-order valence-corrected chi connectivity index (χ0v) is 75.5. The van der Waals surface area contributed by atoms with Gasteiger partial charge in [0.25, 0.3) is 0 Å². The largest absolute Gasteiger partial charge is 0.412 e. The van der Waals surface area contributed by atoms with E-state index in [-0.39, 0.29) is 251 Å². The van der Waals surface area contributed by atoms with E-state index in [1.54, 1.807) is 28.4 Å². The van der Waals surface area contributed by atoms with Gasteiger partial charge < -0.3 is 113 Å². The standard InChI is InChI=1S/C15H24F2O3.2C15H24F2O2.3C15H24F2O.12H2O/c1-18-11-5-3-8-9-4-6-12(19-2)14(17)15(9)20-7-10(8)13(11)16;1-8-3-4-10-9-5-6-12(18-2)14(17)11(9)7-19-15(10)13(8)16;1-8-3-4-9-10-5-6-12(18-2)14(17)15(10)19-7-11(9)13(8)16;3*1-8-3-5-10-11-6-4-9(2)14(17)15(11)18-7-12(10)13(8)16;;;;;;;;;;;;/h8-15H,3-7H2,1-2H3;2*8-15H,3-7H2,1-2H3;3*8-15H,3-7H2,1-2H3;12*1H2. The fourth-order valence-electron chi connectivity index (χ4n) is 26.9. The summed E-state index contributed by atoms with van der Waals surface area (Å²) in [5, 5.41) is 0. The van der Waals surface area contributed by atoms with Crippen LogP contribution in [0.3, 0.4) is 0 Å². The van der Waals surface area contributed by atoms with E-state index in [9.17, 15) is 52.7 Å². The highest BCUT2D eigenvalue weighted by Gasteiger charge is 2.60. The molecule has 34 heteroatoms. The first-order valence-electron chi connectivity index (χ1n) is 45.2. The molecule has 0 aromatic heterocycles. The molecular formula is C90H168F12O22. The molecule has 0 aromatic rings. The zero-order chi connectivity index (χ0) is 80.0. The van der Waals surface area contributed by atoms with Gasteiger partial charge in [0, 0.05) is 63.9 Å². The molecule has 12 saturated carbocycles. The molecule has 6 aliphatic heterocycles. The maximum Gasteiger partial charge on any atom is 0.152 e. The highest BCUT2D eigenvalue weighted by molar-refractivity contribution is 5.07. The lowest BCUT2D eigenvalue weighted by Gasteiger charge is -2.51. The van der Waals surface area contributed by atoms with Gasteiger partial charge in [-0.05, 0) is 272 Å². The van der Waals surface area contributed by atoms with Crippen LogP contribution in [0, 0.1) is 154 Å². The van der Waals surface area contributed by atoms with E-state index in [0.29, 0.717) is 69.7 Å². The van der Waals surface area contributed by atoms with Crippen molar-refractivity contribution in [1.82, 2.24) is 0 Å². The van der Waals surface area contributed by atoms with Gasteiger partial charge in [0.2, 0.25) is 0 Å². The normalized spacial score (nSPS) is 49.7. The predicted molar refractivity (Wildman–Crippen MR) is 451 cm³/mol.